The Labute approximate surface area is 182 Å². The van der Waals surface area contributed by atoms with E-state index in [0.29, 0.717) is 56.0 Å². The standard InChI is InChI=1S/C21H20ClN3O4S/c1-3-29-21(27)12-6-4-10-8-13-16(23)18(30-20(13)25-17(10)12)19(26)24-14-9-11(22)5-7-15(14)28-2/h5,7-9,12H,3-4,6,23H2,1-2H3,(H,24,26). The Morgan fingerprint density at radius 2 is 2.17 bits per heavy atom. The molecule has 30 heavy (non-hydrogen) atoms. The molecular formula is C21H20ClN3O4S. The number of aryl methyl sites for hydroxylation is 1. The van der Waals surface area contributed by atoms with E-state index in [9.17, 15) is 9.59 Å². The van der Waals surface area contributed by atoms with Gasteiger partial charge in [-0.15, -0.1) is 11.3 Å². The average molecular weight is 446 g/mol. The number of methoxy groups -OCH3 is 1. The van der Waals surface area contributed by atoms with Crippen molar-refractivity contribution < 1.29 is 19.1 Å². The summed E-state index contributed by atoms with van der Waals surface area (Å²) in [6, 6.07) is 6.89. The van der Waals surface area contributed by atoms with Crippen LogP contribution in [0.2, 0.25) is 5.02 Å². The van der Waals surface area contributed by atoms with Gasteiger partial charge >= 0.3 is 5.97 Å². The quantitative estimate of drug-likeness (QED) is 0.564. The molecule has 0 radical (unpaired) electrons. The Bertz CT molecular complexity index is 1160. The number of esters is 1. The lowest BCUT2D eigenvalue weighted by atomic mass is 10.1. The van der Waals surface area contributed by atoms with Crippen LogP contribution in [0.3, 0.4) is 0 Å². The van der Waals surface area contributed by atoms with Crippen LogP contribution >= 0.6 is 22.9 Å². The number of nitrogens with one attached hydrogen (secondary N) is 1. The molecule has 0 saturated heterocycles. The van der Waals surface area contributed by atoms with E-state index in [-0.39, 0.29) is 17.8 Å². The third-order valence-corrected chi connectivity index (χ3v) is 6.40. The number of thiophene rings is 1. The van der Waals surface area contributed by atoms with Gasteiger partial charge in [0.25, 0.3) is 5.91 Å². The minimum atomic E-state index is -0.377. The van der Waals surface area contributed by atoms with Crippen molar-refractivity contribution in [1.82, 2.24) is 4.98 Å². The molecule has 1 unspecified atom stereocenters. The van der Waals surface area contributed by atoms with Crippen molar-refractivity contribution in [2.24, 2.45) is 0 Å². The van der Waals surface area contributed by atoms with Crippen LogP contribution < -0.4 is 15.8 Å². The summed E-state index contributed by atoms with van der Waals surface area (Å²) in [6.07, 6.45) is 1.39. The van der Waals surface area contributed by atoms with E-state index in [0.717, 1.165) is 12.0 Å². The lowest BCUT2D eigenvalue weighted by Gasteiger charge is -2.10. The first-order valence-electron chi connectivity index (χ1n) is 9.46. The maximum atomic E-state index is 12.9. The molecule has 0 bridgehead atoms. The van der Waals surface area contributed by atoms with Crippen LogP contribution in [0, 0.1) is 0 Å². The second-order valence-corrected chi connectivity index (χ2v) is 8.31. The van der Waals surface area contributed by atoms with E-state index >= 15 is 0 Å². The molecule has 1 amide bonds. The first-order valence-corrected chi connectivity index (χ1v) is 10.7. The van der Waals surface area contributed by atoms with Gasteiger partial charge in [-0.1, -0.05) is 11.6 Å². The van der Waals surface area contributed by atoms with Gasteiger partial charge in [-0.05, 0) is 49.6 Å². The zero-order valence-electron chi connectivity index (χ0n) is 16.5. The van der Waals surface area contributed by atoms with Crippen molar-refractivity contribution in [1.29, 1.82) is 0 Å². The highest BCUT2D eigenvalue weighted by molar-refractivity contribution is 7.21. The van der Waals surface area contributed by atoms with Crippen molar-refractivity contribution in [3.8, 4) is 5.75 Å². The number of amides is 1. The molecule has 9 heteroatoms. The van der Waals surface area contributed by atoms with Crippen LogP contribution in [-0.2, 0) is 16.0 Å². The van der Waals surface area contributed by atoms with Crippen LogP contribution in [-0.4, -0.2) is 30.6 Å². The second-order valence-electron chi connectivity index (χ2n) is 6.87. The van der Waals surface area contributed by atoms with E-state index in [1.165, 1.54) is 18.4 Å². The molecule has 3 aromatic rings. The number of anilines is 2. The first kappa shape index (κ1) is 20.4. The maximum Gasteiger partial charge on any atom is 0.315 e. The number of benzene rings is 1. The molecular weight excluding hydrogens is 426 g/mol. The van der Waals surface area contributed by atoms with Gasteiger partial charge in [0.1, 0.15) is 15.5 Å². The fraction of sp³-hybridized carbons (Fsp3) is 0.286. The topological polar surface area (TPSA) is 104 Å². The van der Waals surface area contributed by atoms with Crippen molar-refractivity contribution in [3.63, 3.8) is 0 Å². The highest BCUT2D eigenvalue weighted by Crippen LogP contribution is 2.40. The number of carbonyl (C=O) groups is 2. The van der Waals surface area contributed by atoms with Crippen LogP contribution in [0.15, 0.2) is 24.3 Å². The molecule has 3 N–H and O–H groups in total. The first-order chi connectivity index (χ1) is 14.4. The zero-order chi connectivity index (χ0) is 21.4. The number of halogens is 1. The number of nitrogens with two attached hydrogens (primary N) is 1. The summed E-state index contributed by atoms with van der Waals surface area (Å²) in [5.41, 5.74) is 8.78. The summed E-state index contributed by atoms with van der Waals surface area (Å²) in [5, 5.41) is 3.99. The fourth-order valence-electron chi connectivity index (χ4n) is 3.63. The van der Waals surface area contributed by atoms with Gasteiger partial charge in [-0.2, -0.15) is 0 Å². The molecule has 0 spiro atoms. The number of aromatic nitrogens is 1. The molecule has 0 fully saturated rings. The Kier molecular flexibility index (Phi) is 5.53. The predicted octanol–water partition coefficient (Wildman–Crippen LogP) is 4.39. The number of fused-ring (bicyclic) bond motifs is 2. The number of pyridine rings is 1. The number of hydrogen-bond acceptors (Lipinski definition) is 7. The lowest BCUT2D eigenvalue weighted by Crippen LogP contribution is -2.14. The largest absolute Gasteiger partial charge is 0.495 e. The van der Waals surface area contributed by atoms with Crippen LogP contribution in [0.4, 0.5) is 11.4 Å². The van der Waals surface area contributed by atoms with Gasteiger partial charge in [0.15, 0.2) is 0 Å². The molecule has 4 rings (SSSR count). The Morgan fingerprint density at radius 1 is 1.37 bits per heavy atom. The summed E-state index contributed by atoms with van der Waals surface area (Å²) in [4.78, 5) is 30.8. The highest BCUT2D eigenvalue weighted by Gasteiger charge is 2.32. The average Bonchev–Trinajstić information content (AvgIpc) is 3.27. The van der Waals surface area contributed by atoms with Gasteiger partial charge in [-0.25, -0.2) is 4.98 Å². The van der Waals surface area contributed by atoms with E-state index in [1.807, 2.05) is 6.07 Å². The lowest BCUT2D eigenvalue weighted by molar-refractivity contribution is -0.145. The third kappa shape index (κ3) is 3.57. The number of ether oxygens (including phenoxy) is 2. The van der Waals surface area contributed by atoms with Crippen LogP contribution in [0.5, 0.6) is 5.75 Å². The summed E-state index contributed by atoms with van der Waals surface area (Å²) < 4.78 is 10.4. The zero-order valence-corrected chi connectivity index (χ0v) is 18.0. The van der Waals surface area contributed by atoms with E-state index in [2.05, 4.69) is 10.3 Å². The molecule has 1 atom stereocenters. The van der Waals surface area contributed by atoms with Gasteiger partial charge in [-0.3, -0.25) is 9.59 Å². The minimum absolute atomic E-state index is 0.265. The Balaban J connectivity index is 1.68. The molecule has 156 valence electrons. The van der Waals surface area contributed by atoms with Crippen molar-refractivity contribution in [2.75, 3.05) is 24.8 Å². The molecule has 2 heterocycles. The van der Waals surface area contributed by atoms with E-state index in [4.69, 9.17) is 26.8 Å². The Hall–Kier alpha value is -2.84. The summed E-state index contributed by atoms with van der Waals surface area (Å²) in [5.74, 6) is -0.528. The van der Waals surface area contributed by atoms with Crippen molar-refractivity contribution in [3.05, 3.63) is 45.4 Å². The van der Waals surface area contributed by atoms with E-state index in [1.54, 1.807) is 25.1 Å². The monoisotopic (exact) mass is 445 g/mol. The molecule has 1 aliphatic carbocycles. The number of hydrogen-bond donors (Lipinski definition) is 2. The molecule has 0 saturated carbocycles. The highest BCUT2D eigenvalue weighted by atomic mass is 35.5. The second kappa shape index (κ2) is 8.12. The predicted molar refractivity (Wildman–Crippen MR) is 118 cm³/mol. The van der Waals surface area contributed by atoms with Crippen molar-refractivity contribution in [2.45, 2.75) is 25.7 Å². The smallest absolute Gasteiger partial charge is 0.315 e. The summed E-state index contributed by atoms with van der Waals surface area (Å²) >= 11 is 7.23. The van der Waals surface area contributed by atoms with Gasteiger partial charge in [0, 0.05) is 10.4 Å². The normalized spacial score (nSPS) is 15.1. The third-order valence-electron chi connectivity index (χ3n) is 5.05. The molecule has 0 aliphatic heterocycles. The molecule has 1 aliphatic rings. The van der Waals surface area contributed by atoms with Gasteiger partial charge in [0.05, 0.1) is 36.7 Å². The van der Waals surface area contributed by atoms with Crippen LogP contribution in [0.25, 0.3) is 10.2 Å². The maximum absolute atomic E-state index is 12.9. The number of rotatable bonds is 5. The summed E-state index contributed by atoms with van der Waals surface area (Å²) in [6.45, 7) is 2.11. The minimum Gasteiger partial charge on any atom is -0.495 e. The van der Waals surface area contributed by atoms with Crippen LogP contribution in [0.1, 0.15) is 40.2 Å². The molecule has 7 nitrogen and oxygen atoms in total. The molecule has 1 aromatic carbocycles. The summed E-state index contributed by atoms with van der Waals surface area (Å²) in [7, 11) is 1.51. The number of nitrogens with zero attached hydrogens (tertiary/aromatic N) is 1. The SMILES string of the molecule is CCOC(=O)C1CCc2cc3c(N)c(C(=O)Nc4cc(Cl)ccc4OC)sc3nc21. The van der Waals surface area contributed by atoms with Gasteiger partial charge < -0.3 is 20.5 Å². The van der Waals surface area contributed by atoms with E-state index < -0.39 is 0 Å². The number of nitrogen functional groups attached to an aromatic ring is 1. The van der Waals surface area contributed by atoms with Gasteiger partial charge in [0.2, 0.25) is 0 Å². The Morgan fingerprint density at radius 3 is 2.90 bits per heavy atom. The molecule has 2 aromatic heterocycles. The number of carbonyl (C=O) groups excluding carboxylic acids is 2. The van der Waals surface area contributed by atoms with Crippen molar-refractivity contribution >= 4 is 56.4 Å². The fourth-order valence-corrected chi connectivity index (χ4v) is 4.78.